The Kier molecular flexibility index (Phi) is 7.76. The number of rotatable bonds is 9. The van der Waals surface area contributed by atoms with Crippen molar-refractivity contribution in [1.82, 2.24) is 5.32 Å². The van der Waals surface area contributed by atoms with Crippen molar-refractivity contribution in [1.29, 1.82) is 0 Å². The van der Waals surface area contributed by atoms with E-state index in [4.69, 9.17) is 18.9 Å². The summed E-state index contributed by atoms with van der Waals surface area (Å²) >= 11 is 0. The molecule has 6 heteroatoms. The molecule has 0 aliphatic heterocycles. The van der Waals surface area contributed by atoms with Crippen LogP contribution >= 0.6 is 0 Å². The molecule has 0 bridgehead atoms. The SMILES string of the molecule is COc1cc(C(C)NC(=O)c2cc(OC)c(C)c(OC)c2)ccc1OCC(C)C. The number of amides is 1. The van der Waals surface area contributed by atoms with Crippen LogP contribution in [0.4, 0.5) is 0 Å². The fourth-order valence-corrected chi connectivity index (χ4v) is 2.91. The highest BCUT2D eigenvalue weighted by molar-refractivity contribution is 5.95. The molecule has 1 amide bonds. The number of carbonyl (C=O) groups is 1. The summed E-state index contributed by atoms with van der Waals surface area (Å²) in [5.41, 5.74) is 2.24. The van der Waals surface area contributed by atoms with Gasteiger partial charge in [-0.2, -0.15) is 0 Å². The number of hydrogen-bond donors (Lipinski definition) is 1. The van der Waals surface area contributed by atoms with Crippen LogP contribution in [0.25, 0.3) is 0 Å². The summed E-state index contributed by atoms with van der Waals surface area (Å²) in [6, 6.07) is 8.88. The van der Waals surface area contributed by atoms with E-state index in [1.54, 1.807) is 33.5 Å². The van der Waals surface area contributed by atoms with Gasteiger partial charge < -0.3 is 24.3 Å². The van der Waals surface area contributed by atoms with Crippen LogP contribution in [0.5, 0.6) is 23.0 Å². The van der Waals surface area contributed by atoms with Crippen molar-refractivity contribution in [3.8, 4) is 23.0 Å². The van der Waals surface area contributed by atoms with Crippen molar-refractivity contribution in [3.63, 3.8) is 0 Å². The van der Waals surface area contributed by atoms with E-state index in [1.807, 2.05) is 32.0 Å². The Bertz CT molecular complexity index is 822. The van der Waals surface area contributed by atoms with E-state index in [9.17, 15) is 4.79 Å². The van der Waals surface area contributed by atoms with Gasteiger partial charge in [-0.05, 0) is 49.6 Å². The molecule has 1 unspecified atom stereocenters. The molecule has 2 aromatic carbocycles. The zero-order valence-electron chi connectivity index (χ0n) is 18.3. The van der Waals surface area contributed by atoms with Crippen molar-refractivity contribution in [2.24, 2.45) is 5.92 Å². The molecule has 0 aliphatic carbocycles. The monoisotopic (exact) mass is 401 g/mol. The number of nitrogens with one attached hydrogen (secondary N) is 1. The summed E-state index contributed by atoms with van der Waals surface area (Å²) in [7, 11) is 4.75. The van der Waals surface area contributed by atoms with E-state index in [2.05, 4.69) is 19.2 Å². The Labute approximate surface area is 173 Å². The van der Waals surface area contributed by atoms with Crippen molar-refractivity contribution < 1.29 is 23.7 Å². The van der Waals surface area contributed by atoms with Gasteiger partial charge in [-0.25, -0.2) is 0 Å². The Morgan fingerprint density at radius 1 is 0.897 bits per heavy atom. The standard InChI is InChI=1S/C23H31NO5/c1-14(2)13-29-19-9-8-17(10-22(19)28-7)16(4)24-23(25)18-11-20(26-5)15(3)21(12-18)27-6/h8-12,14,16H,13H2,1-7H3,(H,24,25). The average molecular weight is 402 g/mol. The largest absolute Gasteiger partial charge is 0.496 e. The van der Waals surface area contributed by atoms with Gasteiger partial charge in [-0.3, -0.25) is 4.79 Å². The molecule has 0 saturated heterocycles. The zero-order chi connectivity index (χ0) is 21.6. The van der Waals surface area contributed by atoms with Gasteiger partial charge >= 0.3 is 0 Å². The topological polar surface area (TPSA) is 66.0 Å². The summed E-state index contributed by atoms with van der Waals surface area (Å²) in [5.74, 6) is 2.75. The molecule has 0 aromatic heterocycles. The fourth-order valence-electron chi connectivity index (χ4n) is 2.91. The molecule has 1 atom stereocenters. The molecule has 2 aromatic rings. The number of methoxy groups -OCH3 is 3. The highest BCUT2D eigenvalue weighted by atomic mass is 16.5. The Morgan fingerprint density at radius 2 is 1.48 bits per heavy atom. The lowest BCUT2D eigenvalue weighted by Gasteiger charge is -2.18. The Morgan fingerprint density at radius 3 is 2.00 bits per heavy atom. The van der Waals surface area contributed by atoms with E-state index in [1.165, 1.54) is 0 Å². The normalized spacial score (nSPS) is 11.7. The summed E-state index contributed by atoms with van der Waals surface area (Å²) in [6.07, 6.45) is 0. The molecule has 0 fully saturated rings. The van der Waals surface area contributed by atoms with E-state index in [-0.39, 0.29) is 11.9 Å². The molecular formula is C23H31NO5. The Hall–Kier alpha value is -2.89. The highest BCUT2D eigenvalue weighted by Gasteiger charge is 2.17. The van der Waals surface area contributed by atoms with Crippen LogP contribution in [0.2, 0.25) is 0 Å². The van der Waals surface area contributed by atoms with Crippen molar-refractivity contribution in [2.45, 2.75) is 33.7 Å². The van der Waals surface area contributed by atoms with Crippen LogP contribution in [-0.2, 0) is 0 Å². The molecular weight excluding hydrogens is 370 g/mol. The van der Waals surface area contributed by atoms with Crippen LogP contribution in [0.1, 0.15) is 48.3 Å². The third-order valence-electron chi connectivity index (χ3n) is 4.62. The Balaban J connectivity index is 2.19. The lowest BCUT2D eigenvalue weighted by atomic mass is 10.1. The summed E-state index contributed by atoms with van der Waals surface area (Å²) in [4.78, 5) is 12.8. The van der Waals surface area contributed by atoms with Crippen LogP contribution in [-0.4, -0.2) is 33.8 Å². The number of carbonyl (C=O) groups excluding carboxylic acids is 1. The second-order valence-electron chi connectivity index (χ2n) is 7.32. The first kappa shape index (κ1) is 22.4. The maximum atomic E-state index is 12.8. The highest BCUT2D eigenvalue weighted by Crippen LogP contribution is 2.32. The third-order valence-corrected chi connectivity index (χ3v) is 4.62. The molecule has 0 radical (unpaired) electrons. The average Bonchev–Trinajstić information content (AvgIpc) is 2.71. The van der Waals surface area contributed by atoms with Crippen LogP contribution in [0.15, 0.2) is 30.3 Å². The van der Waals surface area contributed by atoms with Gasteiger partial charge in [0.15, 0.2) is 11.5 Å². The third kappa shape index (κ3) is 5.56. The second kappa shape index (κ2) is 10.0. The van der Waals surface area contributed by atoms with Crippen LogP contribution < -0.4 is 24.3 Å². The lowest BCUT2D eigenvalue weighted by molar-refractivity contribution is 0.0939. The van der Waals surface area contributed by atoms with Crippen molar-refractivity contribution in [3.05, 3.63) is 47.0 Å². The van der Waals surface area contributed by atoms with E-state index >= 15 is 0 Å². The van der Waals surface area contributed by atoms with Crippen molar-refractivity contribution in [2.75, 3.05) is 27.9 Å². The van der Waals surface area contributed by atoms with E-state index in [0.717, 1.165) is 11.1 Å². The smallest absolute Gasteiger partial charge is 0.252 e. The van der Waals surface area contributed by atoms with Gasteiger partial charge in [0.05, 0.1) is 34.0 Å². The number of ether oxygens (including phenoxy) is 4. The predicted molar refractivity (Wildman–Crippen MR) is 113 cm³/mol. The molecule has 29 heavy (non-hydrogen) atoms. The summed E-state index contributed by atoms with van der Waals surface area (Å²) < 4.78 is 22.0. The number of hydrogen-bond acceptors (Lipinski definition) is 5. The van der Waals surface area contributed by atoms with Gasteiger partial charge in [0.2, 0.25) is 0 Å². The predicted octanol–water partition coefficient (Wildman–Crippen LogP) is 4.55. The molecule has 2 rings (SSSR count). The number of benzene rings is 2. The molecule has 6 nitrogen and oxygen atoms in total. The molecule has 0 aliphatic rings. The minimum atomic E-state index is -0.228. The van der Waals surface area contributed by atoms with Gasteiger partial charge in [-0.15, -0.1) is 0 Å². The van der Waals surface area contributed by atoms with Crippen LogP contribution in [0, 0.1) is 12.8 Å². The van der Waals surface area contributed by atoms with Gasteiger partial charge in [0, 0.05) is 11.1 Å². The fraction of sp³-hybridized carbons (Fsp3) is 0.435. The van der Waals surface area contributed by atoms with Gasteiger partial charge in [0.25, 0.3) is 5.91 Å². The summed E-state index contributed by atoms with van der Waals surface area (Å²) in [5, 5.41) is 3.01. The lowest BCUT2D eigenvalue weighted by Crippen LogP contribution is -2.26. The maximum absolute atomic E-state index is 12.8. The zero-order valence-corrected chi connectivity index (χ0v) is 18.3. The molecule has 0 saturated carbocycles. The van der Waals surface area contributed by atoms with Gasteiger partial charge in [0.1, 0.15) is 11.5 Å². The quantitative estimate of drug-likeness (QED) is 0.668. The maximum Gasteiger partial charge on any atom is 0.252 e. The first-order chi connectivity index (χ1) is 13.8. The minimum absolute atomic E-state index is 0.215. The van der Waals surface area contributed by atoms with E-state index in [0.29, 0.717) is 41.1 Å². The molecule has 158 valence electrons. The molecule has 1 N–H and O–H groups in total. The molecule has 0 heterocycles. The summed E-state index contributed by atoms with van der Waals surface area (Å²) in [6.45, 7) is 8.60. The molecule has 0 spiro atoms. The second-order valence-corrected chi connectivity index (χ2v) is 7.32. The first-order valence-corrected chi connectivity index (χ1v) is 9.64. The van der Waals surface area contributed by atoms with Crippen molar-refractivity contribution >= 4 is 5.91 Å². The van der Waals surface area contributed by atoms with E-state index < -0.39 is 0 Å². The first-order valence-electron chi connectivity index (χ1n) is 9.64. The van der Waals surface area contributed by atoms with Crippen LogP contribution in [0.3, 0.4) is 0 Å². The van der Waals surface area contributed by atoms with Gasteiger partial charge in [-0.1, -0.05) is 19.9 Å². The minimum Gasteiger partial charge on any atom is -0.496 e.